The zero-order valence-electron chi connectivity index (χ0n) is 10.1. The Morgan fingerprint density at radius 2 is 1.62 bits per heavy atom. The number of hydrogen-bond donors (Lipinski definition) is 0. The molecular formula is C11H21O4P. The Bertz CT molecular complexity index is 261. The summed E-state index contributed by atoms with van der Waals surface area (Å²) in [5.41, 5.74) is -0.309. The Labute approximate surface area is 97.2 Å². The third kappa shape index (κ3) is 3.41. The predicted octanol–water partition coefficient (Wildman–Crippen LogP) is 3.36. The number of rotatable bonds is 6. The molecule has 0 aromatic carbocycles. The monoisotopic (exact) mass is 248 g/mol. The van der Waals surface area contributed by atoms with Gasteiger partial charge in [-0.05, 0) is 26.7 Å². The molecule has 0 heterocycles. The van der Waals surface area contributed by atoms with Crippen molar-refractivity contribution in [1.29, 1.82) is 0 Å². The van der Waals surface area contributed by atoms with Gasteiger partial charge in [-0.15, -0.1) is 0 Å². The maximum atomic E-state index is 12.2. The summed E-state index contributed by atoms with van der Waals surface area (Å²) in [6.07, 6.45) is 4.88. The molecule has 1 saturated carbocycles. The molecule has 0 N–H and O–H groups in total. The van der Waals surface area contributed by atoms with Crippen molar-refractivity contribution in [1.82, 2.24) is 0 Å². The molecular weight excluding hydrogens is 227 g/mol. The number of carbonyl (C=O) groups is 1. The highest BCUT2D eigenvalue weighted by molar-refractivity contribution is 7.71. The second-order valence-electron chi connectivity index (χ2n) is 4.01. The molecule has 94 valence electrons. The lowest BCUT2D eigenvalue weighted by molar-refractivity contribution is -0.118. The van der Waals surface area contributed by atoms with E-state index in [4.69, 9.17) is 9.05 Å². The molecule has 16 heavy (non-hydrogen) atoms. The van der Waals surface area contributed by atoms with Crippen molar-refractivity contribution in [3.05, 3.63) is 0 Å². The van der Waals surface area contributed by atoms with Crippen LogP contribution < -0.4 is 0 Å². The highest BCUT2D eigenvalue weighted by atomic mass is 31.2. The minimum atomic E-state index is -3.52. The molecule has 0 aliphatic heterocycles. The van der Waals surface area contributed by atoms with Gasteiger partial charge in [-0.25, -0.2) is 0 Å². The Hall–Kier alpha value is -0.180. The molecule has 1 aliphatic carbocycles. The lowest BCUT2D eigenvalue weighted by Crippen LogP contribution is -2.20. The lowest BCUT2D eigenvalue weighted by Gasteiger charge is -2.24. The predicted molar refractivity (Wildman–Crippen MR) is 62.4 cm³/mol. The van der Waals surface area contributed by atoms with Gasteiger partial charge < -0.3 is 9.05 Å². The van der Waals surface area contributed by atoms with Crippen molar-refractivity contribution in [2.75, 3.05) is 13.2 Å². The average molecular weight is 248 g/mol. The van der Waals surface area contributed by atoms with Crippen LogP contribution >= 0.6 is 7.60 Å². The first kappa shape index (κ1) is 13.9. The van der Waals surface area contributed by atoms with Crippen LogP contribution in [-0.2, 0) is 18.4 Å². The van der Waals surface area contributed by atoms with E-state index in [1.54, 1.807) is 13.8 Å². The van der Waals surface area contributed by atoms with E-state index in [-0.39, 0.29) is 24.7 Å². The van der Waals surface area contributed by atoms with Gasteiger partial charge in [0.15, 0.2) is 0 Å². The second-order valence-corrected chi connectivity index (χ2v) is 5.96. The van der Waals surface area contributed by atoms with Crippen LogP contribution in [0, 0.1) is 5.92 Å². The van der Waals surface area contributed by atoms with E-state index in [1.165, 1.54) is 0 Å². The molecule has 5 heteroatoms. The van der Waals surface area contributed by atoms with Gasteiger partial charge in [-0.3, -0.25) is 9.36 Å². The third-order valence-electron chi connectivity index (χ3n) is 2.82. The normalized spacial score (nSPS) is 18.6. The first-order valence-corrected chi connectivity index (χ1v) is 7.61. The van der Waals surface area contributed by atoms with Crippen LogP contribution in [-0.4, -0.2) is 18.7 Å². The molecule has 1 aliphatic rings. The van der Waals surface area contributed by atoms with Gasteiger partial charge in [0, 0.05) is 5.92 Å². The second kappa shape index (κ2) is 6.53. The van der Waals surface area contributed by atoms with Crippen LogP contribution in [0.5, 0.6) is 0 Å². The van der Waals surface area contributed by atoms with E-state index in [0.29, 0.717) is 0 Å². The fourth-order valence-electron chi connectivity index (χ4n) is 2.08. The van der Waals surface area contributed by atoms with Crippen molar-refractivity contribution in [2.24, 2.45) is 5.92 Å². The topological polar surface area (TPSA) is 52.6 Å². The van der Waals surface area contributed by atoms with Crippen molar-refractivity contribution in [2.45, 2.75) is 46.0 Å². The van der Waals surface area contributed by atoms with Crippen LogP contribution in [0.1, 0.15) is 46.0 Å². The molecule has 0 radical (unpaired) electrons. The van der Waals surface area contributed by atoms with Gasteiger partial charge in [0.1, 0.15) is 0 Å². The van der Waals surface area contributed by atoms with E-state index in [2.05, 4.69) is 0 Å². The molecule has 1 fully saturated rings. The first-order valence-electron chi connectivity index (χ1n) is 6.07. The summed E-state index contributed by atoms with van der Waals surface area (Å²) >= 11 is 0. The quantitative estimate of drug-likeness (QED) is 0.676. The maximum Gasteiger partial charge on any atom is 0.396 e. The van der Waals surface area contributed by atoms with Crippen LogP contribution in [0.2, 0.25) is 0 Å². The van der Waals surface area contributed by atoms with E-state index >= 15 is 0 Å². The smallest absolute Gasteiger partial charge is 0.303 e. The van der Waals surface area contributed by atoms with Crippen molar-refractivity contribution >= 4 is 13.1 Å². The van der Waals surface area contributed by atoms with Gasteiger partial charge in [0.25, 0.3) is 0 Å². The SMILES string of the molecule is CCOP(=O)(OCC)C(=O)C1CCCCC1. The summed E-state index contributed by atoms with van der Waals surface area (Å²) in [5, 5.41) is 0. The maximum absolute atomic E-state index is 12.2. The summed E-state index contributed by atoms with van der Waals surface area (Å²) in [7, 11) is -3.52. The van der Waals surface area contributed by atoms with Gasteiger partial charge in [-0.1, -0.05) is 19.3 Å². The minimum Gasteiger partial charge on any atom is -0.303 e. The van der Waals surface area contributed by atoms with Gasteiger partial charge in [-0.2, -0.15) is 0 Å². The Kier molecular flexibility index (Phi) is 5.67. The fourth-order valence-corrected chi connectivity index (χ4v) is 3.79. The summed E-state index contributed by atoms with van der Waals surface area (Å²) in [4.78, 5) is 12.1. The fraction of sp³-hybridized carbons (Fsp3) is 0.909. The number of hydrogen-bond acceptors (Lipinski definition) is 4. The molecule has 4 nitrogen and oxygen atoms in total. The Balaban J connectivity index is 2.69. The average Bonchev–Trinajstić information content (AvgIpc) is 2.30. The lowest BCUT2D eigenvalue weighted by atomic mass is 9.90. The van der Waals surface area contributed by atoms with Crippen molar-refractivity contribution in [3.63, 3.8) is 0 Å². The summed E-state index contributed by atoms with van der Waals surface area (Å²) in [5.74, 6) is -0.127. The van der Waals surface area contributed by atoms with E-state index in [0.717, 1.165) is 32.1 Å². The molecule has 0 unspecified atom stereocenters. The van der Waals surface area contributed by atoms with E-state index in [1.807, 2.05) is 0 Å². The minimum absolute atomic E-state index is 0.127. The highest BCUT2D eigenvalue weighted by Gasteiger charge is 2.39. The molecule has 0 amide bonds. The van der Waals surface area contributed by atoms with E-state index in [9.17, 15) is 9.36 Å². The van der Waals surface area contributed by atoms with Gasteiger partial charge in [0.2, 0.25) is 5.52 Å². The van der Waals surface area contributed by atoms with Crippen molar-refractivity contribution in [3.8, 4) is 0 Å². The van der Waals surface area contributed by atoms with Gasteiger partial charge >= 0.3 is 7.60 Å². The molecule has 0 aromatic heterocycles. The zero-order valence-corrected chi connectivity index (χ0v) is 11.0. The van der Waals surface area contributed by atoms with Crippen LogP contribution in [0.25, 0.3) is 0 Å². The van der Waals surface area contributed by atoms with Crippen molar-refractivity contribution < 1.29 is 18.4 Å². The van der Waals surface area contributed by atoms with E-state index < -0.39 is 7.60 Å². The highest BCUT2D eigenvalue weighted by Crippen LogP contribution is 2.52. The standard InChI is InChI=1S/C11H21O4P/c1-3-14-16(13,15-4-2)11(12)10-8-6-5-7-9-10/h10H,3-9H2,1-2H3. The van der Waals surface area contributed by atoms with Crippen LogP contribution in [0.15, 0.2) is 0 Å². The number of carbonyl (C=O) groups excluding carboxylic acids is 1. The van der Waals surface area contributed by atoms with Crippen LogP contribution in [0.4, 0.5) is 0 Å². The summed E-state index contributed by atoms with van der Waals surface area (Å²) in [6.45, 7) is 3.94. The van der Waals surface area contributed by atoms with Crippen LogP contribution in [0.3, 0.4) is 0 Å². The molecule has 0 atom stereocenters. The Morgan fingerprint density at radius 3 is 2.06 bits per heavy atom. The largest absolute Gasteiger partial charge is 0.396 e. The van der Waals surface area contributed by atoms with Gasteiger partial charge in [0.05, 0.1) is 13.2 Å². The summed E-state index contributed by atoms with van der Waals surface area (Å²) in [6, 6.07) is 0. The molecule has 1 rings (SSSR count). The summed E-state index contributed by atoms with van der Waals surface area (Å²) < 4.78 is 22.4. The molecule has 0 aromatic rings. The Morgan fingerprint density at radius 1 is 1.12 bits per heavy atom. The first-order chi connectivity index (χ1) is 7.64. The molecule has 0 saturated heterocycles. The molecule has 0 bridgehead atoms. The zero-order chi connectivity index (χ0) is 12.0. The third-order valence-corrected chi connectivity index (χ3v) is 4.92. The molecule has 0 spiro atoms.